The molecule has 11 heteroatoms. The van der Waals surface area contributed by atoms with Gasteiger partial charge in [0.1, 0.15) is 5.82 Å². The van der Waals surface area contributed by atoms with Crippen molar-refractivity contribution in [2.24, 2.45) is 17.4 Å². The van der Waals surface area contributed by atoms with Gasteiger partial charge in [-0.25, -0.2) is 0 Å². The van der Waals surface area contributed by atoms with Crippen LogP contribution >= 0.6 is 0 Å². The molecule has 0 aromatic heterocycles. The molecule has 3 rings (SSSR count). The number of nitrogens with two attached hydrogens (primary N) is 2. The number of benzene rings is 2. The molecule has 2 aromatic rings. The van der Waals surface area contributed by atoms with Gasteiger partial charge in [0.05, 0.1) is 34.2 Å². The van der Waals surface area contributed by atoms with E-state index < -0.39 is 49.1 Å². The monoisotopic (exact) mass is 544 g/mol. The van der Waals surface area contributed by atoms with E-state index in [0.717, 1.165) is 12.1 Å². The Morgan fingerprint density at radius 1 is 1.16 bits per heavy atom. The minimum absolute atomic E-state index is 0.00760. The van der Waals surface area contributed by atoms with Gasteiger partial charge < -0.3 is 21.5 Å². The molecule has 0 spiro atoms. The largest absolute Gasteiger partial charge is 0.481 e. The van der Waals surface area contributed by atoms with Crippen LogP contribution in [0.15, 0.2) is 59.9 Å². The van der Waals surface area contributed by atoms with Gasteiger partial charge >= 0.3 is 12.1 Å². The van der Waals surface area contributed by atoms with Crippen molar-refractivity contribution >= 4 is 25.6 Å². The summed E-state index contributed by atoms with van der Waals surface area (Å²) in [5.41, 5.74) is 10.3. The minimum atomic E-state index is -4.66. The molecular formula is C27H31F3N4O3Si. The van der Waals surface area contributed by atoms with E-state index in [1.165, 1.54) is 29.2 Å². The van der Waals surface area contributed by atoms with E-state index in [1.807, 2.05) is 32.6 Å². The number of nitriles is 1. The molecule has 7 nitrogen and oxygen atoms in total. The average molecular weight is 545 g/mol. The van der Waals surface area contributed by atoms with Crippen molar-refractivity contribution in [2.75, 3.05) is 4.90 Å². The van der Waals surface area contributed by atoms with Crippen molar-refractivity contribution in [1.29, 1.82) is 5.26 Å². The molecule has 1 aliphatic heterocycles. The SMILES string of the molecule is CC(C1(C)C(C(=O)O)C(c2ccc(C#N)cc2)C(C(N)=O)=C(N)N1c1cccc(C(F)(F)F)c1)[Si](C)(C)C. The molecule has 4 unspecified atom stereocenters. The van der Waals surface area contributed by atoms with Gasteiger partial charge in [0.15, 0.2) is 0 Å². The summed E-state index contributed by atoms with van der Waals surface area (Å²) in [5.74, 6) is -4.88. The van der Waals surface area contributed by atoms with Gasteiger partial charge in [0.2, 0.25) is 5.91 Å². The Balaban J connectivity index is 2.48. The third-order valence-electron chi connectivity index (χ3n) is 7.81. The smallest absolute Gasteiger partial charge is 0.416 e. The Morgan fingerprint density at radius 2 is 1.74 bits per heavy atom. The number of amides is 1. The Labute approximate surface area is 220 Å². The number of anilines is 1. The van der Waals surface area contributed by atoms with Gasteiger partial charge in [-0.1, -0.05) is 44.8 Å². The van der Waals surface area contributed by atoms with E-state index >= 15 is 0 Å². The molecule has 0 bridgehead atoms. The van der Waals surface area contributed by atoms with Crippen LogP contribution in [-0.2, 0) is 15.8 Å². The lowest BCUT2D eigenvalue weighted by atomic mass is 9.65. The third-order valence-corrected chi connectivity index (χ3v) is 11.0. The lowest BCUT2D eigenvalue weighted by Gasteiger charge is -2.57. The normalized spacial score (nSPS) is 23.1. The van der Waals surface area contributed by atoms with E-state index in [0.29, 0.717) is 11.1 Å². The first kappa shape index (κ1) is 28.8. The van der Waals surface area contributed by atoms with Crippen LogP contribution in [0.2, 0.25) is 25.2 Å². The number of nitrogens with zero attached hydrogens (tertiary/aromatic N) is 2. The summed E-state index contributed by atoms with van der Waals surface area (Å²) in [4.78, 5) is 27.4. The van der Waals surface area contributed by atoms with Gasteiger partial charge in [-0.15, -0.1) is 0 Å². The Bertz CT molecular complexity index is 1330. The Kier molecular flexibility index (Phi) is 7.45. The van der Waals surface area contributed by atoms with Crippen LogP contribution in [0.3, 0.4) is 0 Å². The van der Waals surface area contributed by atoms with Crippen molar-refractivity contribution in [3.63, 3.8) is 0 Å². The highest BCUT2D eigenvalue weighted by atomic mass is 28.3. The van der Waals surface area contributed by atoms with Crippen molar-refractivity contribution in [3.05, 3.63) is 76.6 Å². The van der Waals surface area contributed by atoms with Gasteiger partial charge in [0, 0.05) is 19.7 Å². The lowest BCUT2D eigenvalue weighted by molar-refractivity contribution is -0.145. The topological polar surface area (TPSA) is 133 Å². The van der Waals surface area contributed by atoms with Crippen LogP contribution in [-0.4, -0.2) is 30.6 Å². The molecule has 0 saturated carbocycles. The predicted molar refractivity (Wildman–Crippen MR) is 141 cm³/mol. The molecule has 202 valence electrons. The van der Waals surface area contributed by atoms with Crippen LogP contribution in [0, 0.1) is 17.2 Å². The molecule has 0 radical (unpaired) electrons. The Hall–Kier alpha value is -3.78. The number of hydrogen-bond donors (Lipinski definition) is 3. The molecule has 0 fully saturated rings. The Morgan fingerprint density at radius 3 is 2.18 bits per heavy atom. The molecule has 2 aromatic carbocycles. The molecule has 1 amide bonds. The highest BCUT2D eigenvalue weighted by molar-refractivity contribution is 6.77. The summed E-state index contributed by atoms with van der Waals surface area (Å²) < 4.78 is 41.0. The molecular weight excluding hydrogens is 513 g/mol. The van der Waals surface area contributed by atoms with Crippen LogP contribution < -0.4 is 16.4 Å². The summed E-state index contributed by atoms with van der Waals surface area (Å²) in [6.45, 7) is 9.66. The summed E-state index contributed by atoms with van der Waals surface area (Å²) in [7, 11) is -2.22. The fourth-order valence-corrected chi connectivity index (χ4v) is 7.62. The minimum Gasteiger partial charge on any atom is -0.481 e. The molecule has 1 heterocycles. The molecule has 0 saturated heterocycles. The second kappa shape index (κ2) is 9.83. The summed E-state index contributed by atoms with van der Waals surface area (Å²) in [5, 5.41) is 19.9. The van der Waals surface area contributed by atoms with Crippen molar-refractivity contribution in [1.82, 2.24) is 0 Å². The number of rotatable bonds is 6. The third kappa shape index (κ3) is 4.88. The van der Waals surface area contributed by atoms with E-state index in [2.05, 4.69) is 0 Å². The van der Waals surface area contributed by atoms with E-state index in [-0.39, 0.29) is 22.6 Å². The number of carbonyl (C=O) groups is 2. The number of hydrogen-bond acceptors (Lipinski definition) is 5. The second-order valence-corrected chi connectivity index (χ2v) is 16.5. The molecule has 1 aliphatic rings. The van der Waals surface area contributed by atoms with E-state index in [4.69, 9.17) is 11.5 Å². The predicted octanol–water partition coefficient (Wildman–Crippen LogP) is 5.02. The summed E-state index contributed by atoms with van der Waals surface area (Å²) in [6.07, 6.45) is -4.66. The van der Waals surface area contributed by atoms with Crippen LogP contribution in [0.5, 0.6) is 0 Å². The number of primary amides is 1. The first-order valence-electron chi connectivity index (χ1n) is 12.0. The summed E-state index contributed by atoms with van der Waals surface area (Å²) in [6, 6.07) is 12.5. The fraction of sp³-hybridized carbons (Fsp3) is 0.370. The van der Waals surface area contributed by atoms with Crippen molar-refractivity contribution < 1.29 is 27.9 Å². The summed E-state index contributed by atoms with van der Waals surface area (Å²) >= 11 is 0. The molecule has 38 heavy (non-hydrogen) atoms. The standard InChI is InChI=1S/C27H31F3N4O3Si/c1-15(38(3,4)5)26(2)22(25(36)37)20(17-11-9-16(14-31)10-12-17)21(24(33)35)23(32)34(26)19-8-6-7-18(13-19)27(28,29)30/h6-13,15,20,22H,32H2,1-5H3,(H2,33,35)(H,36,37). The maximum Gasteiger partial charge on any atom is 0.416 e. The van der Waals surface area contributed by atoms with Crippen LogP contribution in [0.25, 0.3) is 0 Å². The van der Waals surface area contributed by atoms with Crippen LogP contribution in [0.4, 0.5) is 18.9 Å². The number of carboxylic acids is 1. The zero-order valence-corrected chi connectivity index (χ0v) is 22.8. The molecule has 4 atom stereocenters. The van der Waals surface area contributed by atoms with Gasteiger partial charge in [-0.05, 0) is 48.4 Å². The zero-order chi connectivity index (χ0) is 28.8. The van der Waals surface area contributed by atoms with Gasteiger partial charge in [0.25, 0.3) is 0 Å². The van der Waals surface area contributed by atoms with Gasteiger partial charge in [-0.2, -0.15) is 18.4 Å². The highest BCUT2D eigenvalue weighted by Gasteiger charge is 2.60. The van der Waals surface area contributed by atoms with Gasteiger partial charge in [-0.3, -0.25) is 9.59 Å². The van der Waals surface area contributed by atoms with E-state index in [1.54, 1.807) is 19.1 Å². The maximum atomic E-state index is 13.7. The first-order valence-corrected chi connectivity index (χ1v) is 15.5. The van der Waals surface area contributed by atoms with Crippen LogP contribution in [0.1, 0.15) is 36.5 Å². The maximum absolute atomic E-state index is 13.7. The number of halogens is 3. The number of carbonyl (C=O) groups excluding carboxylic acids is 1. The lowest BCUT2D eigenvalue weighted by Crippen LogP contribution is -2.66. The number of aliphatic carboxylic acids is 1. The molecule has 5 N–H and O–H groups in total. The van der Waals surface area contributed by atoms with Crippen molar-refractivity contribution in [2.45, 2.75) is 56.7 Å². The molecule has 0 aliphatic carbocycles. The average Bonchev–Trinajstić information content (AvgIpc) is 2.81. The van der Waals surface area contributed by atoms with Crippen molar-refractivity contribution in [3.8, 4) is 6.07 Å². The number of carboxylic acid groups (broad SMARTS) is 1. The first-order chi connectivity index (χ1) is 17.5. The quantitative estimate of drug-likeness (QED) is 0.437. The van der Waals surface area contributed by atoms with E-state index in [9.17, 15) is 33.1 Å². The second-order valence-electron chi connectivity index (χ2n) is 10.9. The highest BCUT2D eigenvalue weighted by Crippen LogP contribution is 2.55. The zero-order valence-electron chi connectivity index (χ0n) is 21.8. The fourth-order valence-electron chi connectivity index (χ4n) is 5.56. The number of alkyl halides is 3.